The van der Waals surface area contributed by atoms with Crippen LogP contribution in [0.25, 0.3) is 0 Å². The highest BCUT2D eigenvalue weighted by Crippen LogP contribution is 2.16. The first kappa shape index (κ1) is 17.3. The SMILES string of the molecule is C=C(C)C(=O)CCC(=O)Oc1ccc(C(=O)c2ccccc2)cc1. The van der Waals surface area contributed by atoms with Crippen molar-refractivity contribution >= 4 is 17.5 Å². The number of carbonyl (C=O) groups excluding carboxylic acids is 3. The number of hydrogen-bond acceptors (Lipinski definition) is 4. The van der Waals surface area contributed by atoms with E-state index < -0.39 is 5.97 Å². The van der Waals surface area contributed by atoms with Crippen molar-refractivity contribution in [3.05, 3.63) is 77.9 Å². The Balaban J connectivity index is 1.95. The first-order chi connectivity index (χ1) is 11.5. The highest BCUT2D eigenvalue weighted by Gasteiger charge is 2.11. The molecule has 0 unspecified atom stereocenters. The van der Waals surface area contributed by atoms with Gasteiger partial charge in [0.25, 0.3) is 0 Å². The van der Waals surface area contributed by atoms with Crippen molar-refractivity contribution in [3.8, 4) is 5.75 Å². The van der Waals surface area contributed by atoms with E-state index in [1.165, 1.54) is 0 Å². The van der Waals surface area contributed by atoms with Crippen LogP contribution in [0.4, 0.5) is 0 Å². The first-order valence-electron chi connectivity index (χ1n) is 7.56. The number of esters is 1. The van der Waals surface area contributed by atoms with Crippen LogP contribution < -0.4 is 4.74 Å². The van der Waals surface area contributed by atoms with Gasteiger partial charge < -0.3 is 4.74 Å². The summed E-state index contributed by atoms with van der Waals surface area (Å²) in [5, 5.41) is 0. The van der Waals surface area contributed by atoms with Crippen LogP contribution >= 0.6 is 0 Å². The van der Waals surface area contributed by atoms with E-state index in [4.69, 9.17) is 4.74 Å². The Morgan fingerprint density at radius 1 is 0.875 bits per heavy atom. The van der Waals surface area contributed by atoms with Crippen LogP contribution in [-0.4, -0.2) is 17.5 Å². The maximum atomic E-state index is 12.3. The Kier molecular flexibility index (Phi) is 5.79. The summed E-state index contributed by atoms with van der Waals surface area (Å²) in [6, 6.07) is 15.3. The molecule has 0 amide bonds. The Hall–Kier alpha value is -3.01. The molecule has 0 fully saturated rings. The summed E-state index contributed by atoms with van der Waals surface area (Å²) in [4.78, 5) is 35.4. The second kappa shape index (κ2) is 8.02. The third kappa shape index (κ3) is 4.74. The van der Waals surface area contributed by atoms with E-state index in [0.717, 1.165) is 0 Å². The molecule has 2 rings (SSSR count). The predicted octanol–water partition coefficient (Wildman–Crippen LogP) is 3.75. The van der Waals surface area contributed by atoms with Crippen LogP contribution in [0.2, 0.25) is 0 Å². The summed E-state index contributed by atoms with van der Waals surface area (Å²) in [6.07, 6.45) is 0.0785. The monoisotopic (exact) mass is 322 g/mol. The fourth-order valence-corrected chi connectivity index (χ4v) is 2.04. The van der Waals surface area contributed by atoms with Gasteiger partial charge in [-0.25, -0.2) is 0 Å². The minimum atomic E-state index is -0.494. The Morgan fingerprint density at radius 2 is 1.46 bits per heavy atom. The van der Waals surface area contributed by atoms with Crippen molar-refractivity contribution in [2.24, 2.45) is 0 Å². The van der Waals surface area contributed by atoms with Gasteiger partial charge >= 0.3 is 5.97 Å². The molecule has 2 aromatic carbocycles. The molecule has 0 N–H and O–H groups in total. The molecule has 0 bridgehead atoms. The number of Topliss-reactive ketones (excluding diaryl/α,β-unsaturated/α-hetero) is 1. The lowest BCUT2D eigenvalue weighted by molar-refractivity contribution is -0.135. The van der Waals surface area contributed by atoms with Gasteiger partial charge in [-0.2, -0.15) is 0 Å². The lowest BCUT2D eigenvalue weighted by atomic mass is 10.0. The van der Waals surface area contributed by atoms with E-state index >= 15 is 0 Å². The normalized spacial score (nSPS) is 10.0. The van der Waals surface area contributed by atoms with Gasteiger partial charge in [-0.05, 0) is 36.8 Å². The van der Waals surface area contributed by atoms with Gasteiger partial charge in [0, 0.05) is 17.5 Å². The van der Waals surface area contributed by atoms with Crippen LogP contribution in [0.3, 0.4) is 0 Å². The Labute approximate surface area is 140 Å². The highest BCUT2D eigenvalue weighted by atomic mass is 16.5. The van der Waals surface area contributed by atoms with E-state index in [-0.39, 0.29) is 24.4 Å². The summed E-state index contributed by atoms with van der Waals surface area (Å²) >= 11 is 0. The molecule has 4 nitrogen and oxygen atoms in total. The summed E-state index contributed by atoms with van der Waals surface area (Å²) in [5.74, 6) is -0.407. The lowest BCUT2D eigenvalue weighted by Gasteiger charge is -2.06. The molecule has 0 aliphatic carbocycles. The molecule has 24 heavy (non-hydrogen) atoms. The van der Waals surface area contributed by atoms with Crippen molar-refractivity contribution in [3.63, 3.8) is 0 Å². The maximum Gasteiger partial charge on any atom is 0.311 e. The highest BCUT2D eigenvalue weighted by molar-refractivity contribution is 6.09. The smallest absolute Gasteiger partial charge is 0.311 e. The number of hydrogen-bond donors (Lipinski definition) is 0. The fraction of sp³-hybridized carbons (Fsp3) is 0.150. The van der Waals surface area contributed by atoms with Crippen LogP contribution in [0, 0.1) is 0 Å². The lowest BCUT2D eigenvalue weighted by Crippen LogP contribution is -2.11. The number of allylic oxidation sites excluding steroid dienone is 1. The molecule has 0 radical (unpaired) electrons. The quantitative estimate of drug-likeness (QED) is 0.337. The third-order valence-electron chi connectivity index (χ3n) is 3.42. The molecule has 0 saturated carbocycles. The average Bonchev–Trinajstić information content (AvgIpc) is 2.60. The average molecular weight is 322 g/mol. The van der Waals surface area contributed by atoms with E-state index in [1.54, 1.807) is 55.5 Å². The van der Waals surface area contributed by atoms with Crippen molar-refractivity contribution in [2.75, 3.05) is 0 Å². The van der Waals surface area contributed by atoms with E-state index in [0.29, 0.717) is 22.4 Å². The minimum absolute atomic E-state index is 0.00358. The molecular formula is C20H18O4. The summed E-state index contributed by atoms with van der Waals surface area (Å²) in [5.41, 5.74) is 1.53. The molecule has 0 aromatic heterocycles. The number of carbonyl (C=O) groups is 3. The van der Waals surface area contributed by atoms with Gasteiger partial charge in [0.2, 0.25) is 0 Å². The van der Waals surface area contributed by atoms with Gasteiger partial charge in [0.05, 0.1) is 6.42 Å². The van der Waals surface area contributed by atoms with Gasteiger partial charge in [-0.3, -0.25) is 14.4 Å². The van der Waals surface area contributed by atoms with Crippen molar-refractivity contribution < 1.29 is 19.1 Å². The molecule has 0 saturated heterocycles. The van der Waals surface area contributed by atoms with Gasteiger partial charge in [0.15, 0.2) is 11.6 Å². The largest absolute Gasteiger partial charge is 0.427 e. The molecule has 122 valence electrons. The molecule has 0 aliphatic rings. The first-order valence-corrected chi connectivity index (χ1v) is 7.56. The van der Waals surface area contributed by atoms with Gasteiger partial charge in [-0.1, -0.05) is 36.9 Å². The Bertz CT molecular complexity index is 758. The zero-order chi connectivity index (χ0) is 17.5. The summed E-state index contributed by atoms with van der Waals surface area (Å²) < 4.78 is 5.15. The van der Waals surface area contributed by atoms with Crippen LogP contribution in [-0.2, 0) is 9.59 Å². The second-order valence-corrected chi connectivity index (χ2v) is 5.40. The number of benzene rings is 2. The molecule has 0 spiro atoms. The molecule has 4 heteroatoms. The van der Waals surface area contributed by atoms with E-state index in [1.807, 2.05) is 6.07 Å². The fourth-order valence-electron chi connectivity index (χ4n) is 2.04. The van der Waals surface area contributed by atoms with Gasteiger partial charge in [0.1, 0.15) is 5.75 Å². The van der Waals surface area contributed by atoms with E-state index in [9.17, 15) is 14.4 Å². The van der Waals surface area contributed by atoms with Gasteiger partial charge in [-0.15, -0.1) is 0 Å². The minimum Gasteiger partial charge on any atom is -0.427 e. The standard InChI is InChI=1S/C20H18O4/c1-14(2)18(21)12-13-19(22)24-17-10-8-16(9-11-17)20(23)15-6-4-3-5-7-15/h3-11H,1,12-13H2,2H3. The van der Waals surface area contributed by atoms with Crippen molar-refractivity contribution in [1.29, 1.82) is 0 Å². The van der Waals surface area contributed by atoms with Crippen LogP contribution in [0.5, 0.6) is 5.75 Å². The summed E-state index contributed by atoms with van der Waals surface area (Å²) in [6.45, 7) is 5.14. The molecule has 0 heterocycles. The number of ketones is 2. The zero-order valence-corrected chi connectivity index (χ0v) is 13.5. The topological polar surface area (TPSA) is 60.4 Å². The van der Waals surface area contributed by atoms with Crippen molar-refractivity contribution in [2.45, 2.75) is 19.8 Å². The maximum absolute atomic E-state index is 12.3. The summed E-state index contributed by atoms with van der Waals surface area (Å²) in [7, 11) is 0. The van der Waals surface area contributed by atoms with E-state index in [2.05, 4.69) is 6.58 Å². The Morgan fingerprint density at radius 3 is 2.04 bits per heavy atom. The predicted molar refractivity (Wildman–Crippen MR) is 91.0 cm³/mol. The van der Waals surface area contributed by atoms with Crippen molar-refractivity contribution in [1.82, 2.24) is 0 Å². The van der Waals surface area contributed by atoms with Crippen LogP contribution in [0.15, 0.2) is 66.7 Å². The third-order valence-corrected chi connectivity index (χ3v) is 3.42. The molecule has 2 aromatic rings. The zero-order valence-electron chi connectivity index (χ0n) is 13.5. The number of rotatable bonds is 7. The molecule has 0 aliphatic heterocycles. The number of ether oxygens (including phenoxy) is 1. The second-order valence-electron chi connectivity index (χ2n) is 5.40. The van der Waals surface area contributed by atoms with Crippen LogP contribution in [0.1, 0.15) is 35.7 Å². The molecular weight excluding hydrogens is 304 g/mol. The molecule has 0 atom stereocenters.